The molecule has 1 aliphatic heterocycles. The first-order valence-electron chi connectivity index (χ1n) is 6.45. The molecule has 1 saturated heterocycles. The highest BCUT2D eigenvalue weighted by atomic mass is 79.9. The van der Waals surface area contributed by atoms with Crippen molar-refractivity contribution in [3.63, 3.8) is 0 Å². The lowest BCUT2D eigenvalue weighted by molar-refractivity contribution is -0.137. The van der Waals surface area contributed by atoms with Crippen molar-refractivity contribution in [3.8, 4) is 5.75 Å². The second-order valence-corrected chi connectivity index (χ2v) is 6.56. The van der Waals surface area contributed by atoms with Gasteiger partial charge in [-0.25, -0.2) is 0 Å². The van der Waals surface area contributed by atoms with Crippen molar-refractivity contribution in [1.29, 1.82) is 0 Å². The Hall–Kier alpha value is -0.780. The van der Waals surface area contributed by atoms with E-state index >= 15 is 0 Å². The van der Waals surface area contributed by atoms with Crippen LogP contribution in [0.5, 0.6) is 5.75 Å². The number of benzene rings is 1. The molecular formula is C14H17BrClNO3. The Bertz CT molecular complexity index is 497. The number of likely N-dealkylation sites (tertiary alicyclic amines) is 1. The van der Waals surface area contributed by atoms with Crippen LogP contribution in [0.1, 0.15) is 19.8 Å². The number of amides is 1. The first kappa shape index (κ1) is 15.6. The minimum Gasteiger partial charge on any atom is -0.482 e. The first-order valence-corrected chi connectivity index (χ1v) is 7.62. The second kappa shape index (κ2) is 6.33. The van der Waals surface area contributed by atoms with E-state index in [9.17, 15) is 9.90 Å². The van der Waals surface area contributed by atoms with Crippen LogP contribution in [0.2, 0.25) is 5.02 Å². The van der Waals surface area contributed by atoms with Gasteiger partial charge < -0.3 is 14.7 Å². The van der Waals surface area contributed by atoms with Crippen molar-refractivity contribution in [3.05, 3.63) is 27.7 Å². The molecule has 20 heavy (non-hydrogen) atoms. The van der Waals surface area contributed by atoms with Gasteiger partial charge in [-0.3, -0.25) is 4.79 Å². The molecule has 0 aliphatic carbocycles. The molecule has 1 aromatic rings. The zero-order valence-electron chi connectivity index (χ0n) is 11.2. The number of hydrogen-bond acceptors (Lipinski definition) is 3. The van der Waals surface area contributed by atoms with Crippen LogP contribution in [0.15, 0.2) is 22.7 Å². The van der Waals surface area contributed by atoms with Crippen LogP contribution in [0.25, 0.3) is 0 Å². The molecule has 1 fully saturated rings. The molecule has 110 valence electrons. The summed E-state index contributed by atoms with van der Waals surface area (Å²) in [5.41, 5.74) is -0.660. The lowest BCUT2D eigenvalue weighted by Gasteiger charge is -2.35. The fraction of sp³-hybridized carbons (Fsp3) is 0.500. The molecule has 1 aliphatic rings. The average Bonchev–Trinajstić information content (AvgIpc) is 2.37. The fourth-order valence-corrected chi connectivity index (χ4v) is 2.79. The van der Waals surface area contributed by atoms with E-state index in [2.05, 4.69) is 15.9 Å². The minimum atomic E-state index is -0.660. The Labute approximate surface area is 131 Å². The lowest BCUT2D eigenvalue weighted by atomic mass is 9.94. The van der Waals surface area contributed by atoms with Crippen molar-refractivity contribution in [2.24, 2.45) is 0 Å². The zero-order valence-corrected chi connectivity index (χ0v) is 13.6. The SMILES string of the molecule is CC1(O)CCN(C(=O)COc2ccc(Br)cc2Cl)CC1. The minimum absolute atomic E-state index is 0.0382. The van der Waals surface area contributed by atoms with Crippen LogP contribution in [0, 0.1) is 0 Å². The predicted octanol–water partition coefficient (Wildman–Crippen LogP) is 2.85. The number of carbonyl (C=O) groups excluding carboxylic acids is 1. The fourth-order valence-electron chi connectivity index (χ4n) is 2.06. The molecule has 1 N–H and O–H groups in total. The summed E-state index contributed by atoms with van der Waals surface area (Å²) < 4.78 is 6.31. The standard InChI is InChI=1S/C14H17BrClNO3/c1-14(19)4-6-17(7-5-14)13(18)9-20-12-3-2-10(15)8-11(12)16/h2-3,8,19H,4-7,9H2,1H3. The van der Waals surface area contributed by atoms with Gasteiger partial charge in [0, 0.05) is 17.6 Å². The summed E-state index contributed by atoms with van der Waals surface area (Å²) in [5, 5.41) is 10.3. The molecule has 0 saturated carbocycles. The lowest BCUT2D eigenvalue weighted by Crippen LogP contribution is -2.46. The van der Waals surface area contributed by atoms with E-state index in [1.54, 1.807) is 24.0 Å². The molecule has 0 spiro atoms. The molecule has 2 rings (SSSR count). The van der Waals surface area contributed by atoms with Gasteiger partial charge in [-0.2, -0.15) is 0 Å². The topological polar surface area (TPSA) is 49.8 Å². The van der Waals surface area contributed by atoms with Crippen molar-refractivity contribution < 1.29 is 14.6 Å². The van der Waals surface area contributed by atoms with E-state index < -0.39 is 5.60 Å². The summed E-state index contributed by atoms with van der Waals surface area (Å²) in [5.74, 6) is 0.409. The van der Waals surface area contributed by atoms with E-state index in [1.807, 2.05) is 6.07 Å². The molecule has 0 radical (unpaired) electrons. The largest absolute Gasteiger partial charge is 0.482 e. The van der Waals surface area contributed by atoms with Crippen LogP contribution < -0.4 is 4.74 Å². The summed E-state index contributed by atoms with van der Waals surface area (Å²) in [6.07, 6.45) is 1.19. The number of piperidine rings is 1. The van der Waals surface area contributed by atoms with E-state index in [0.29, 0.717) is 36.7 Å². The predicted molar refractivity (Wildman–Crippen MR) is 81.1 cm³/mol. The highest BCUT2D eigenvalue weighted by molar-refractivity contribution is 9.10. The Morgan fingerprint density at radius 2 is 2.15 bits per heavy atom. The van der Waals surface area contributed by atoms with Crippen molar-refractivity contribution in [2.45, 2.75) is 25.4 Å². The molecule has 0 aromatic heterocycles. The maximum atomic E-state index is 12.0. The third kappa shape index (κ3) is 4.11. The molecule has 0 atom stereocenters. The molecule has 1 heterocycles. The molecule has 0 unspecified atom stereocenters. The van der Waals surface area contributed by atoms with Crippen LogP contribution in [0.4, 0.5) is 0 Å². The molecule has 6 heteroatoms. The van der Waals surface area contributed by atoms with Gasteiger partial charge in [-0.05, 0) is 38.0 Å². The number of hydrogen-bond donors (Lipinski definition) is 1. The maximum absolute atomic E-state index is 12.0. The van der Waals surface area contributed by atoms with E-state index in [4.69, 9.17) is 16.3 Å². The maximum Gasteiger partial charge on any atom is 0.260 e. The van der Waals surface area contributed by atoms with Gasteiger partial charge in [-0.1, -0.05) is 27.5 Å². The third-order valence-corrected chi connectivity index (χ3v) is 4.23. The number of aliphatic hydroxyl groups is 1. The summed E-state index contributed by atoms with van der Waals surface area (Å²) in [6, 6.07) is 5.25. The highest BCUT2D eigenvalue weighted by Gasteiger charge is 2.29. The van der Waals surface area contributed by atoms with Gasteiger partial charge in [-0.15, -0.1) is 0 Å². The third-order valence-electron chi connectivity index (χ3n) is 3.44. The van der Waals surface area contributed by atoms with E-state index in [-0.39, 0.29) is 12.5 Å². The van der Waals surface area contributed by atoms with Gasteiger partial charge in [0.05, 0.1) is 10.6 Å². The van der Waals surface area contributed by atoms with Crippen LogP contribution in [0.3, 0.4) is 0 Å². The summed E-state index contributed by atoms with van der Waals surface area (Å²) >= 11 is 9.33. The number of nitrogens with zero attached hydrogens (tertiary/aromatic N) is 1. The molecule has 1 aromatic carbocycles. The number of ether oxygens (including phenoxy) is 1. The molecule has 1 amide bonds. The molecule has 0 bridgehead atoms. The Morgan fingerprint density at radius 3 is 2.75 bits per heavy atom. The van der Waals surface area contributed by atoms with Crippen molar-refractivity contribution in [2.75, 3.05) is 19.7 Å². The molecular weight excluding hydrogens is 346 g/mol. The Kier molecular flexibility index (Phi) is 4.94. The van der Waals surface area contributed by atoms with Gasteiger partial charge in [0.25, 0.3) is 5.91 Å². The van der Waals surface area contributed by atoms with Gasteiger partial charge in [0.2, 0.25) is 0 Å². The van der Waals surface area contributed by atoms with Gasteiger partial charge >= 0.3 is 0 Å². The summed E-state index contributed by atoms with van der Waals surface area (Å²) in [6.45, 7) is 2.88. The number of halogens is 2. The van der Waals surface area contributed by atoms with E-state index in [1.165, 1.54) is 0 Å². The number of rotatable bonds is 3. The smallest absolute Gasteiger partial charge is 0.260 e. The summed E-state index contributed by atoms with van der Waals surface area (Å²) in [7, 11) is 0. The van der Waals surface area contributed by atoms with Crippen molar-refractivity contribution in [1.82, 2.24) is 4.90 Å². The van der Waals surface area contributed by atoms with E-state index in [0.717, 1.165) is 4.47 Å². The van der Waals surface area contributed by atoms with Crippen molar-refractivity contribution >= 4 is 33.4 Å². The van der Waals surface area contributed by atoms with Crippen LogP contribution in [-0.4, -0.2) is 41.2 Å². The normalized spacial score (nSPS) is 17.9. The average molecular weight is 363 g/mol. The number of carbonyl (C=O) groups is 1. The Morgan fingerprint density at radius 1 is 1.50 bits per heavy atom. The Balaban J connectivity index is 1.86. The van der Waals surface area contributed by atoms with Gasteiger partial charge in [0.1, 0.15) is 5.75 Å². The van der Waals surface area contributed by atoms with Crippen LogP contribution >= 0.6 is 27.5 Å². The quantitative estimate of drug-likeness (QED) is 0.899. The first-order chi connectivity index (χ1) is 9.37. The summed E-state index contributed by atoms with van der Waals surface area (Å²) in [4.78, 5) is 13.7. The van der Waals surface area contributed by atoms with Crippen LogP contribution in [-0.2, 0) is 4.79 Å². The second-order valence-electron chi connectivity index (χ2n) is 5.24. The zero-order chi connectivity index (χ0) is 14.8. The monoisotopic (exact) mass is 361 g/mol. The highest BCUT2D eigenvalue weighted by Crippen LogP contribution is 2.28. The van der Waals surface area contributed by atoms with Gasteiger partial charge in [0.15, 0.2) is 6.61 Å². The molecule has 4 nitrogen and oxygen atoms in total.